The molecule has 4 aliphatic rings. The predicted molar refractivity (Wildman–Crippen MR) is 114 cm³/mol. The number of carbonyl (C=O) groups is 4. The van der Waals surface area contributed by atoms with Crippen molar-refractivity contribution in [1.82, 2.24) is 0 Å². The summed E-state index contributed by atoms with van der Waals surface area (Å²) < 4.78 is 10.7. The number of ether oxygens (including phenoxy) is 2. The number of ketones is 1. The molecule has 0 unspecified atom stereocenters. The molecule has 7 nitrogen and oxygen atoms in total. The molecular weight excluding hydrogens is 412 g/mol. The maximum absolute atomic E-state index is 13.7. The SMILES string of the molecule is CC(=O)O[C@@H]1CC[C@@]2(C)[C@H](CC[C@H]3[C@@H]4CC[C@H]([C@@H](OC(C)=O)C(=O)O)[C@@]4(C)CC(=O)[C@@H]32)C1. The minimum atomic E-state index is -1.20. The normalized spacial score (nSPS) is 43.9. The van der Waals surface area contributed by atoms with Crippen LogP contribution in [0.2, 0.25) is 0 Å². The van der Waals surface area contributed by atoms with E-state index in [-0.39, 0.29) is 46.9 Å². The summed E-state index contributed by atoms with van der Waals surface area (Å²) in [5.41, 5.74) is -0.562. The summed E-state index contributed by atoms with van der Waals surface area (Å²) in [5.74, 6) is -1.22. The van der Waals surface area contributed by atoms with Gasteiger partial charge in [-0.2, -0.15) is 0 Å². The molecule has 4 saturated carbocycles. The van der Waals surface area contributed by atoms with Gasteiger partial charge in [-0.25, -0.2) is 4.79 Å². The first-order chi connectivity index (χ1) is 15.0. The van der Waals surface area contributed by atoms with E-state index >= 15 is 0 Å². The summed E-state index contributed by atoms with van der Waals surface area (Å²) >= 11 is 0. The van der Waals surface area contributed by atoms with Crippen LogP contribution in [0, 0.1) is 40.4 Å². The van der Waals surface area contributed by atoms with Crippen molar-refractivity contribution in [2.75, 3.05) is 0 Å². The first kappa shape index (κ1) is 23.2. The number of esters is 2. The van der Waals surface area contributed by atoms with E-state index in [0.717, 1.165) is 38.5 Å². The highest BCUT2D eigenvalue weighted by Gasteiger charge is 2.65. The molecule has 0 bridgehead atoms. The lowest BCUT2D eigenvalue weighted by Crippen LogP contribution is -2.58. The molecule has 32 heavy (non-hydrogen) atoms. The standard InChI is InChI=1S/C25H36O7/c1-13(26)31-16-9-10-24(3)15(11-16)5-6-17-18-7-8-19(22(23(29)30)32-14(2)27)25(18,4)12-20(28)21(17)24/h15-19,21-22H,5-12H2,1-4H3,(H,29,30)/t15-,16-,17+,18+,19-,21-,22-,24+,25+/m1/s1. The number of carboxylic acid groups (broad SMARTS) is 1. The molecule has 4 fully saturated rings. The van der Waals surface area contributed by atoms with Crippen molar-refractivity contribution in [3.05, 3.63) is 0 Å². The van der Waals surface area contributed by atoms with E-state index in [1.54, 1.807) is 0 Å². The third-order valence-electron chi connectivity index (χ3n) is 9.61. The van der Waals surface area contributed by atoms with Crippen molar-refractivity contribution in [1.29, 1.82) is 0 Å². The van der Waals surface area contributed by atoms with Gasteiger partial charge in [0.25, 0.3) is 0 Å². The summed E-state index contributed by atoms with van der Waals surface area (Å²) in [6.45, 7) is 6.99. The predicted octanol–water partition coefficient (Wildman–Crippen LogP) is 3.77. The number of hydrogen-bond donors (Lipinski definition) is 1. The molecule has 1 N–H and O–H groups in total. The van der Waals surface area contributed by atoms with E-state index in [1.165, 1.54) is 13.8 Å². The molecule has 0 aromatic rings. The molecule has 178 valence electrons. The monoisotopic (exact) mass is 448 g/mol. The smallest absolute Gasteiger partial charge is 0.345 e. The average molecular weight is 449 g/mol. The number of rotatable bonds is 4. The summed E-state index contributed by atoms with van der Waals surface area (Å²) in [4.78, 5) is 48.7. The minimum Gasteiger partial charge on any atom is -0.478 e. The highest BCUT2D eigenvalue weighted by Crippen LogP contribution is 2.67. The Kier molecular flexibility index (Phi) is 5.91. The van der Waals surface area contributed by atoms with Crippen LogP contribution in [0.1, 0.15) is 79.1 Å². The third kappa shape index (κ3) is 3.65. The first-order valence-electron chi connectivity index (χ1n) is 12.1. The average Bonchev–Trinajstić information content (AvgIpc) is 3.01. The lowest BCUT2D eigenvalue weighted by atomic mass is 9.44. The molecule has 0 aromatic carbocycles. The molecule has 7 heteroatoms. The number of fused-ring (bicyclic) bond motifs is 5. The number of hydrogen-bond acceptors (Lipinski definition) is 6. The molecule has 0 saturated heterocycles. The molecule has 9 atom stereocenters. The lowest BCUT2D eigenvalue weighted by Gasteiger charge is -2.60. The topological polar surface area (TPSA) is 107 Å². The van der Waals surface area contributed by atoms with Gasteiger partial charge in [-0.1, -0.05) is 13.8 Å². The quantitative estimate of drug-likeness (QED) is 0.652. The highest BCUT2D eigenvalue weighted by atomic mass is 16.6. The summed E-state index contributed by atoms with van der Waals surface area (Å²) in [5, 5.41) is 9.77. The van der Waals surface area contributed by atoms with Crippen molar-refractivity contribution in [3.8, 4) is 0 Å². The van der Waals surface area contributed by atoms with E-state index in [1.807, 2.05) is 0 Å². The van der Waals surface area contributed by atoms with E-state index in [2.05, 4.69) is 13.8 Å². The van der Waals surface area contributed by atoms with E-state index in [0.29, 0.717) is 18.8 Å². The van der Waals surface area contributed by atoms with Crippen molar-refractivity contribution in [3.63, 3.8) is 0 Å². The van der Waals surface area contributed by atoms with Crippen molar-refractivity contribution >= 4 is 23.7 Å². The largest absolute Gasteiger partial charge is 0.478 e. The first-order valence-corrected chi connectivity index (χ1v) is 12.1. The van der Waals surface area contributed by atoms with Crippen molar-refractivity contribution < 1.29 is 33.8 Å². The van der Waals surface area contributed by atoms with Crippen molar-refractivity contribution in [2.45, 2.75) is 91.3 Å². The zero-order valence-corrected chi connectivity index (χ0v) is 19.6. The van der Waals surface area contributed by atoms with Crippen LogP contribution in [0.4, 0.5) is 0 Å². The Morgan fingerprint density at radius 1 is 1.00 bits per heavy atom. The van der Waals surface area contributed by atoms with Crippen LogP contribution in [0.25, 0.3) is 0 Å². The van der Waals surface area contributed by atoms with Gasteiger partial charge in [0.2, 0.25) is 6.10 Å². The summed E-state index contributed by atoms with van der Waals surface area (Å²) in [6, 6.07) is 0. The van der Waals surface area contributed by atoms with Gasteiger partial charge in [0, 0.05) is 32.1 Å². The Hall–Kier alpha value is -1.92. The second-order valence-electron chi connectivity index (χ2n) is 11.2. The van der Waals surface area contributed by atoms with Crippen LogP contribution >= 0.6 is 0 Å². The number of carbonyl (C=O) groups excluding carboxylic acids is 3. The maximum atomic E-state index is 13.7. The minimum absolute atomic E-state index is 0.0200. The second-order valence-corrected chi connectivity index (χ2v) is 11.2. The van der Waals surface area contributed by atoms with E-state index in [4.69, 9.17) is 9.47 Å². The fourth-order valence-electron chi connectivity index (χ4n) is 8.39. The van der Waals surface area contributed by atoms with E-state index < -0.39 is 23.5 Å². The molecule has 4 rings (SSSR count). The van der Waals surface area contributed by atoms with Crippen LogP contribution < -0.4 is 0 Å². The van der Waals surface area contributed by atoms with Gasteiger partial charge in [0.05, 0.1) is 0 Å². The van der Waals surface area contributed by atoms with Gasteiger partial charge in [-0.3, -0.25) is 14.4 Å². The fourth-order valence-corrected chi connectivity index (χ4v) is 8.39. The number of aliphatic carboxylic acids is 1. The van der Waals surface area contributed by atoms with Crippen LogP contribution in [0.3, 0.4) is 0 Å². The van der Waals surface area contributed by atoms with Gasteiger partial charge in [0.15, 0.2) is 0 Å². The molecule has 0 amide bonds. The Balaban J connectivity index is 1.59. The maximum Gasteiger partial charge on any atom is 0.345 e. The summed E-state index contributed by atoms with van der Waals surface area (Å²) in [6.07, 6.45) is 5.08. The van der Waals surface area contributed by atoms with Gasteiger partial charge in [0.1, 0.15) is 11.9 Å². The Morgan fingerprint density at radius 2 is 1.72 bits per heavy atom. The number of Topliss-reactive ketones (excluding diaryl/α,β-unsaturated/α-hetero) is 1. The molecule has 0 aliphatic heterocycles. The number of carboxylic acids is 1. The Labute approximate surface area is 189 Å². The lowest BCUT2D eigenvalue weighted by molar-refractivity contribution is -0.179. The Morgan fingerprint density at radius 3 is 2.34 bits per heavy atom. The molecule has 0 aromatic heterocycles. The third-order valence-corrected chi connectivity index (χ3v) is 9.61. The van der Waals surface area contributed by atoms with Gasteiger partial charge < -0.3 is 14.6 Å². The second kappa shape index (κ2) is 8.14. The Bertz CT molecular complexity index is 821. The highest BCUT2D eigenvalue weighted by molar-refractivity contribution is 5.85. The van der Waals surface area contributed by atoms with Gasteiger partial charge >= 0.3 is 17.9 Å². The van der Waals surface area contributed by atoms with Crippen LogP contribution in [0.5, 0.6) is 0 Å². The molecule has 0 spiro atoms. The zero-order chi connectivity index (χ0) is 23.4. The zero-order valence-electron chi connectivity index (χ0n) is 19.6. The van der Waals surface area contributed by atoms with Crippen molar-refractivity contribution in [2.24, 2.45) is 40.4 Å². The molecule has 0 heterocycles. The molecule has 4 aliphatic carbocycles. The molecular formula is C25H36O7. The summed E-state index contributed by atoms with van der Waals surface area (Å²) in [7, 11) is 0. The van der Waals surface area contributed by atoms with E-state index in [9.17, 15) is 24.3 Å². The van der Waals surface area contributed by atoms with Crippen LogP contribution in [-0.4, -0.2) is 41.0 Å². The van der Waals surface area contributed by atoms with Gasteiger partial charge in [-0.05, 0) is 73.5 Å². The van der Waals surface area contributed by atoms with Crippen LogP contribution in [-0.2, 0) is 28.7 Å². The molecule has 0 radical (unpaired) electrons. The van der Waals surface area contributed by atoms with Crippen LogP contribution in [0.15, 0.2) is 0 Å². The van der Waals surface area contributed by atoms with Gasteiger partial charge in [-0.15, -0.1) is 0 Å². The fraction of sp³-hybridized carbons (Fsp3) is 0.840.